The van der Waals surface area contributed by atoms with Crippen LogP contribution in [-0.2, 0) is 9.53 Å². The van der Waals surface area contributed by atoms with Crippen LogP contribution in [0.4, 0.5) is 0 Å². The Morgan fingerprint density at radius 1 is 1.45 bits per heavy atom. The van der Waals surface area contributed by atoms with Gasteiger partial charge in [0.15, 0.2) is 0 Å². The average molecular weight is 275 g/mol. The number of hydrogen-bond acceptors (Lipinski definition) is 6. The number of pyridine rings is 1. The fourth-order valence-corrected chi connectivity index (χ4v) is 1.90. The van der Waals surface area contributed by atoms with Crippen LogP contribution in [-0.4, -0.2) is 27.7 Å². The van der Waals surface area contributed by atoms with Crippen molar-refractivity contribution in [3.63, 3.8) is 0 Å². The maximum atomic E-state index is 11.8. The van der Waals surface area contributed by atoms with Gasteiger partial charge in [0, 0.05) is 18.0 Å². The molecule has 6 heteroatoms. The zero-order valence-electron chi connectivity index (χ0n) is 11.8. The van der Waals surface area contributed by atoms with Gasteiger partial charge in [0.2, 0.25) is 11.7 Å². The maximum Gasteiger partial charge on any atom is 0.318 e. The van der Waals surface area contributed by atoms with Gasteiger partial charge in [-0.2, -0.15) is 4.98 Å². The Morgan fingerprint density at radius 2 is 2.25 bits per heavy atom. The van der Waals surface area contributed by atoms with Crippen molar-refractivity contribution in [2.45, 2.75) is 33.1 Å². The molecule has 0 spiro atoms. The fourth-order valence-electron chi connectivity index (χ4n) is 1.90. The van der Waals surface area contributed by atoms with Crippen molar-refractivity contribution in [1.29, 1.82) is 0 Å². The summed E-state index contributed by atoms with van der Waals surface area (Å²) in [6.45, 7) is 5.90. The van der Waals surface area contributed by atoms with Gasteiger partial charge in [-0.15, -0.1) is 0 Å². The molecule has 2 rings (SSSR count). The van der Waals surface area contributed by atoms with Crippen LogP contribution in [0, 0.1) is 6.92 Å². The van der Waals surface area contributed by atoms with Gasteiger partial charge in [0.1, 0.15) is 5.92 Å². The van der Waals surface area contributed by atoms with Gasteiger partial charge in [-0.1, -0.05) is 12.1 Å². The topological polar surface area (TPSA) is 78.1 Å². The van der Waals surface area contributed by atoms with Crippen molar-refractivity contribution in [3.8, 4) is 11.4 Å². The summed E-state index contributed by atoms with van der Waals surface area (Å²) in [5, 5.41) is 3.94. The van der Waals surface area contributed by atoms with Gasteiger partial charge in [-0.05, 0) is 31.9 Å². The predicted octanol–water partition coefficient (Wildman–Crippen LogP) is 2.50. The third kappa shape index (κ3) is 2.84. The molecule has 0 aliphatic heterocycles. The van der Waals surface area contributed by atoms with E-state index in [1.54, 1.807) is 19.3 Å². The Morgan fingerprint density at radius 3 is 2.90 bits per heavy atom. The van der Waals surface area contributed by atoms with Crippen molar-refractivity contribution in [1.82, 2.24) is 15.1 Å². The van der Waals surface area contributed by atoms with Gasteiger partial charge in [-0.3, -0.25) is 9.78 Å². The first-order valence-electron chi connectivity index (χ1n) is 6.58. The number of aryl methyl sites for hydroxylation is 1. The molecular formula is C14H17N3O3. The molecule has 0 aliphatic rings. The average Bonchev–Trinajstić information content (AvgIpc) is 2.90. The zero-order valence-corrected chi connectivity index (χ0v) is 11.8. The minimum atomic E-state index is -0.515. The smallest absolute Gasteiger partial charge is 0.318 e. The van der Waals surface area contributed by atoms with E-state index in [9.17, 15) is 4.79 Å². The van der Waals surface area contributed by atoms with Crippen LogP contribution in [0.15, 0.2) is 23.0 Å². The summed E-state index contributed by atoms with van der Waals surface area (Å²) < 4.78 is 10.2. The van der Waals surface area contributed by atoms with E-state index in [4.69, 9.17) is 9.26 Å². The summed E-state index contributed by atoms with van der Waals surface area (Å²) in [5.41, 5.74) is 1.79. The molecule has 0 saturated carbocycles. The highest BCUT2D eigenvalue weighted by atomic mass is 16.5. The van der Waals surface area contributed by atoms with E-state index < -0.39 is 5.92 Å². The predicted molar refractivity (Wildman–Crippen MR) is 71.9 cm³/mol. The molecule has 0 aromatic carbocycles. The molecule has 0 saturated heterocycles. The third-order valence-electron chi connectivity index (χ3n) is 2.98. The van der Waals surface area contributed by atoms with Gasteiger partial charge >= 0.3 is 5.97 Å². The summed E-state index contributed by atoms with van der Waals surface area (Å²) in [6.07, 6.45) is 3.95. The van der Waals surface area contributed by atoms with E-state index in [2.05, 4.69) is 15.1 Å². The highest BCUT2D eigenvalue weighted by molar-refractivity contribution is 5.76. The number of carbonyl (C=O) groups is 1. The summed E-state index contributed by atoms with van der Waals surface area (Å²) in [4.78, 5) is 20.2. The minimum Gasteiger partial charge on any atom is -0.465 e. The van der Waals surface area contributed by atoms with Crippen molar-refractivity contribution >= 4 is 5.97 Å². The van der Waals surface area contributed by atoms with Gasteiger partial charge in [0.25, 0.3) is 0 Å². The highest BCUT2D eigenvalue weighted by Crippen LogP contribution is 2.24. The van der Waals surface area contributed by atoms with Crippen LogP contribution in [0.1, 0.15) is 37.6 Å². The molecule has 0 amide bonds. The first-order chi connectivity index (χ1) is 9.67. The molecule has 6 nitrogen and oxygen atoms in total. The lowest BCUT2D eigenvalue weighted by Crippen LogP contribution is -2.15. The second-order valence-electron chi connectivity index (χ2n) is 4.36. The van der Waals surface area contributed by atoms with Gasteiger partial charge in [-0.25, -0.2) is 0 Å². The monoisotopic (exact) mass is 275 g/mol. The summed E-state index contributed by atoms with van der Waals surface area (Å²) >= 11 is 0. The lowest BCUT2D eigenvalue weighted by Gasteiger charge is -2.08. The molecule has 0 bridgehead atoms. The van der Waals surface area contributed by atoms with E-state index in [0.717, 1.165) is 11.1 Å². The van der Waals surface area contributed by atoms with Crippen LogP contribution < -0.4 is 0 Å². The lowest BCUT2D eigenvalue weighted by molar-refractivity contribution is -0.145. The number of rotatable bonds is 5. The Balaban J connectivity index is 2.28. The SMILES string of the molecule is CCOC(=O)C(CC)c1nc(-c2ccncc2C)no1. The van der Waals surface area contributed by atoms with Crippen LogP contribution in [0.25, 0.3) is 11.4 Å². The molecule has 0 fully saturated rings. The maximum absolute atomic E-state index is 11.8. The first kappa shape index (κ1) is 14.2. The number of nitrogens with zero attached hydrogens (tertiary/aromatic N) is 3. The molecule has 2 aromatic rings. The molecule has 2 aromatic heterocycles. The molecule has 1 atom stereocenters. The molecule has 0 radical (unpaired) electrons. The number of esters is 1. The van der Waals surface area contributed by atoms with E-state index in [-0.39, 0.29) is 11.9 Å². The number of carbonyl (C=O) groups excluding carboxylic acids is 1. The normalized spacial score (nSPS) is 12.2. The quantitative estimate of drug-likeness (QED) is 0.780. The Kier molecular flexibility index (Phi) is 4.45. The minimum absolute atomic E-state index is 0.289. The van der Waals surface area contributed by atoms with E-state index in [1.807, 2.05) is 19.9 Å². The largest absolute Gasteiger partial charge is 0.465 e. The van der Waals surface area contributed by atoms with Crippen LogP contribution in [0.3, 0.4) is 0 Å². The second-order valence-corrected chi connectivity index (χ2v) is 4.36. The van der Waals surface area contributed by atoms with Crippen molar-refractivity contribution in [2.75, 3.05) is 6.61 Å². The van der Waals surface area contributed by atoms with Gasteiger partial charge < -0.3 is 9.26 Å². The first-order valence-corrected chi connectivity index (χ1v) is 6.58. The van der Waals surface area contributed by atoms with E-state index >= 15 is 0 Å². The molecule has 0 N–H and O–H groups in total. The molecule has 2 heterocycles. The van der Waals surface area contributed by atoms with E-state index in [1.165, 1.54) is 0 Å². The van der Waals surface area contributed by atoms with Crippen LogP contribution in [0.2, 0.25) is 0 Å². The standard InChI is InChI=1S/C14H17N3O3/c1-4-10(14(18)19-5-2)13-16-12(17-20-13)11-6-7-15-8-9(11)3/h6-8,10H,4-5H2,1-3H3. The second kappa shape index (κ2) is 6.27. The molecular weight excluding hydrogens is 258 g/mol. The number of aromatic nitrogens is 3. The summed E-state index contributed by atoms with van der Waals surface area (Å²) in [7, 11) is 0. The zero-order chi connectivity index (χ0) is 14.5. The molecule has 20 heavy (non-hydrogen) atoms. The third-order valence-corrected chi connectivity index (χ3v) is 2.98. The number of hydrogen-bond donors (Lipinski definition) is 0. The Hall–Kier alpha value is -2.24. The Bertz CT molecular complexity index is 595. The van der Waals surface area contributed by atoms with Crippen LogP contribution in [0.5, 0.6) is 0 Å². The van der Waals surface area contributed by atoms with E-state index in [0.29, 0.717) is 18.9 Å². The van der Waals surface area contributed by atoms with Crippen molar-refractivity contribution in [2.24, 2.45) is 0 Å². The molecule has 106 valence electrons. The van der Waals surface area contributed by atoms with Crippen molar-refractivity contribution in [3.05, 3.63) is 29.9 Å². The Labute approximate surface area is 117 Å². The molecule has 0 aliphatic carbocycles. The number of ether oxygens (including phenoxy) is 1. The van der Waals surface area contributed by atoms with Gasteiger partial charge in [0.05, 0.1) is 6.61 Å². The van der Waals surface area contributed by atoms with Crippen molar-refractivity contribution < 1.29 is 14.1 Å². The summed E-state index contributed by atoms with van der Waals surface area (Å²) in [6, 6.07) is 1.81. The lowest BCUT2D eigenvalue weighted by atomic mass is 10.1. The highest BCUT2D eigenvalue weighted by Gasteiger charge is 2.26. The summed E-state index contributed by atoms with van der Waals surface area (Å²) in [5.74, 6) is -0.102. The van der Waals surface area contributed by atoms with Crippen LogP contribution >= 0.6 is 0 Å². The fraction of sp³-hybridized carbons (Fsp3) is 0.429. The molecule has 1 unspecified atom stereocenters.